The summed E-state index contributed by atoms with van der Waals surface area (Å²) in [5.74, 6) is 0.840. The van der Waals surface area contributed by atoms with E-state index in [1.165, 1.54) is 0 Å². The first-order chi connectivity index (χ1) is 14.6. The molecular weight excluding hydrogens is 382 g/mol. The Hall–Kier alpha value is -2.57. The number of fused-ring (bicyclic) bond motifs is 1. The molecule has 0 saturated carbocycles. The molecular formula is C23H31N3O4. The quantitative estimate of drug-likeness (QED) is 0.778. The molecule has 0 aromatic heterocycles. The van der Waals surface area contributed by atoms with E-state index in [2.05, 4.69) is 5.32 Å². The summed E-state index contributed by atoms with van der Waals surface area (Å²) in [6, 6.07) is 5.63. The van der Waals surface area contributed by atoms with Gasteiger partial charge in [-0.25, -0.2) is 0 Å². The Kier molecular flexibility index (Phi) is 6.25. The Morgan fingerprint density at radius 2 is 2.07 bits per heavy atom. The number of hydrogen-bond donors (Lipinski definition) is 1. The summed E-state index contributed by atoms with van der Waals surface area (Å²) in [5, 5.41) is 3.03. The second-order valence-electron chi connectivity index (χ2n) is 8.56. The molecule has 0 radical (unpaired) electrons. The summed E-state index contributed by atoms with van der Waals surface area (Å²) in [5.41, 5.74) is 1.89. The third-order valence-electron chi connectivity index (χ3n) is 6.67. The van der Waals surface area contributed by atoms with Crippen molar-refractivity contribution in [2.75, 3.05) is 32.1 Å². The van der Waals surface area contributed by atoms with Gasteiger partial charge in [0, 0.05) is 44.2 Å². The summed E-state index contributed by atoms with van der Waals surface area (Å²) < 4.78 is 5.34. The number of nitrogens with zero attached hydrogens (tertiary/aromatic N) is 2. The molecule has 7 heteroatoms. The van der Waals surface area contributed by atoms with Crippen LogP contribution in [0, 0.1) is 5.92 Å². The lowest BCUT2D eigenvalue weighted by atomic mass is 9.82. The molecule has 4 rings (SSSR count). The Morgan fingerprint density at radius 3 is 2.83 bits per heavy atom. The molecule has 2 saturated heterocycles. The SMILES string of the molecule is COc1ccc2c(c1)C[C@H]([C@@H]1CCCCN1C(=O)CCCN1CCCC1=O)C(=O)N2. The van der Waals surface area contributed by atoms with E-state index >= 15 is 0 Å². The molecule has 0 unspecified atom stereocenters. The molecule has 3 aliphatic rings. The maximum Gasteiger partial charge on any atom is 0.229 e. The first-order valence-electron chi connectivity index (χ1n) is 11.1. The van der Waals surface area contributed by atoms with Gasteiger partial charge in [-0.1, -0.05) is 0 Å². The van der Waals surface area contributed by atoms with Crippen LogP contribution in [0.3, 0.4) is 0 Å². The third-order valence-corrected chi connectivity index (χ3v) is 6.67. The van der Waals surface area contributed by atoms with Crippen LogP contribution in [0.25, 0.3) is 0 Å². The van der Waals surface area contributed by atoms with Crippen LogP contribution in [0.4, 0.5) is 5.69 Å². The summed E-state index contributed by atoms with van der Waals surface area (Å²) in [7, 11) is 1.64. The Bertz CT molecular complexity index is 825. The Morgan fingerprint density at radius 1 is 1.20 bits per heavy atom. The van der Waals surface area contributed by atoms with Crippen molar-refractivity contribution >= 4 is 23.4 Å². The molecule has 162 valence electrons. The standard InChI is InChI=1S/C23H31N3O4/c1-30-17-9-10-19-16(14-17)15-18(23(29)24-19)20-6-2-3-13-26(20)22(28)8-5-12-25-11-4-7-21(25)27/h9-10,14,18,20H,2-8,11-13,15H2,1H3,(H,24,29)/t18-,20+/m1/s1. The van der Waals surface area contributed by atoms with Gasteiger partial charge in [0.25, 0.3) is 0 Å². The molecule has 0 spiro atoms. The van der Waals surface area contributed by atoms with Crippen LogP contribution in [0.2, 0.25) is 0 Å². The molecule has 1 N–H and O–H groups in total. The van der Waals surface area contributed by atoms with Gasteiger partial charge in [0.05, 0.1) is 13.0 Å². The number of rotatable bonds is 6. The van der Waals surface area contributed by atoms with Crippen molar-refractivity contribution in [3.8, 4) is 5.75 Å². The number of benzene rings is 1. The van der Waals surface area contributed by atoms with Crippen LogP contribution in [-0.4, -0.2) is 60.3 Å². The molecule has 1 aromatic rings. The van der Waals surface area contributed by atoms with Gasteiger partial charge in [-0.15, -0.1) is 0 Å². The fraction of sp³-hybridized carbons (Fsp3) is 0.609. The molecule has 0 aliphatic carbocycles. The van der Waals surface area contributed by atoms with Gasteiger partial charge in [0.15, 0.2) is 0 Å². The van der Waals surface area contributed by atoms with Crippen molar-refractivity contribution in [1.29, 1.82) is 0 Å². The van der Waals surface area contributed by atoms with Crippen molar-refractivity contribution in [3.63, 3.8) is 0 Å². The first-order valence-corrected chi connectivity index (χ1v) is 11.1. The molecule has 2 fully saturated rings. The van der Waals surface area contributed by atoms with E-state index < -0.39 is 0 Å². The van der Waals surface area contributed by atoms with E-state index in [1.54, 1.807) is 7.11 Å². The minimum Gasteiger partial charge on any atom is -0.497 e. The van der Waals surface area contributed by atoms with E-state index in [-0.39, 0.29) is 29.7 Å². The van der Waals surface area contributed by atoms with E-state index in [1.807, 2.05) is 28.0 Å². The maximum absolute atomic E-state index is 13.0. The smallest absolute Gasteiger partial charge is 0.229 e. The molecule has 3 aliphatic heterocycles. The predicted octanol–water partition coefficient (Wildman–Crippen LogP) is 2.59. The van der Waals surface area contributed by atoms with Crippen LogP contribution in [0.1, 0.15) is 50.5 Å². The zero-order valence-corrected chi connectivity index (χ0v) is 17.7. The highest BCUT2D eigenvalue weighted by atomic mass is 16.5. The number of ether oxygens (including phenoxy) is 1. The first kappa shape index (κ1) is 20.7. The van der Waals surface area contributed by atoms with Crippen molar-refractivity contribution in [3.05, 3.63) is 23.8 Å². The summed E-state index contributed by atoms with van der Waals surface area (Å²) in [4.78, 5) is 41.5. The van der Waals surface area contributed by atoms with E-state index in [0.29, 0.717) is 38.8 Å². The number of piperidine rings is 1. The highest BCUT2D eigenvalue weighted by Gasteiger charge is 2.39. The van der Waals surface area contributed by atoms with Gasteiger partial charge in [0.1, 0.15) is 5.75 Å². The largest absolute Gasteiger partial charge is 0.497 e. The zero-order chi connectivity index (χ0) is 21.1. The molecule has 3 amide bonds. The Balaban J connectivity index is 1.41. The highest BCUT2D eigenvalue weighted by molar-refractivity contribution is 5.96. The molecule has 0 bridgehead atoms. The van der Waals surface area contributed by atoms with Crippen LogP contribution in [0.5, 0.6) is 5.75 Å². The van der Waals surface area contributed by atoms with Crippen molar-refractivity contribution in [2.45, 2.75) is 57.4 Å². The number of methoxy groups -OCH3 is 1. The van der Waals surface area contributed by atoms with Crippen molar-refractivity contribution < 1.29 is 19.1 Å². The number of hydrogen-bond acceptors (Lipinski definition) is 4. The van der Waals surface area contributed by atoms with Gasteiger partial charge in [0.2, 0.25) is 17.7 Å². The summed E-state index contributed by atoms with van der Waals surface area (Å²) in [6.07, 6.45) is 6.15. The normalized spacial score (nSPS) is 23.9. The lowest BCUT2D eigenvalue weighted by Gasteiger charge is -2.41. The second kappa shape index (κ2) is 9.06. The van der Waals surface area contributed by atoms with Gasteiger partial charge in [-0.05, 0) is 62.3 Å². The minimum absolute atomic E-state index is 0.0000280. The third kappa shape index (κ3) is 4.30. The topological polar surface area (TPSA) is 79.0 Å². The molecule has 3 heterocycles. The lowest BCUT2D eigenvalue weighted by Crippen LogP contribution is -2.52. The number of anilines is 1. The summed E-state index contributed by atoms with van der Waals surface area (Å²) >= 11 is 0. The van der Waals surface area contributed by atoms with Crippen molar-refractivity contribution in [1.82, 2.24) is 9.80 Å². The van der Waals surface area contributed by atoms with E-state index in [0.717, 1.165) is 49.2 Å². The average Bonchev–Trinajstić information content (AvgIpc) is 3.17. The molecule has 30 heavy (non-hydrogen) atoms. The van der Waals surface area contributed by atoms with Crippen molar-refractivity contribution in [2.24, 2.45) is 5.92 Å². The number of carbonyl (C=O) groups excluding carboxylic acids is 3. The maximum atomic E-state index is 13.0. The van der Waals surface area contributed by atoms with Gasteiger partial charge >= 0.3 is 0 Å². The fourth-order valence-corrected chi connectivity index (χ4v) is 5.04. The minimum atomic E-state index is -0.242. The van der Waals surface area contributed by atoms with Gasteiger partial charge in [-0.2, -0.15) is 0 Å². The highest BCUT2D eigenvalue weighted by Crippen LogP contribution is 2.34. The van der Waals surface area contributed by atoms with Crippen LogP contribution < -0.4 is 10.1 Å². The predicted molar refractivity (Wildman–Crippen MR) is 113 cm³/mol. The number of nitrogens with one attached hydrogen (secondary N) is 1. The summed E-state index contributed by atoms with van der Waals surface area (Å²) in [6.45, 7) is 2.17. The average molecular weight is 414 g/mol. The number of amides is 3. The van der Waals surface area contributed by atoms with E-state index in [4.69, 9.17) is 4.74 Å². The van der Waals surface area contributed by atoms with Gasteiger partial charge in [-0.3, -0.25) is 14.4 Å². The fourth-order valence-electron chi connectivity index (χ4n) is 5.04. The van der Waals surface area contributed by atoms with Crippen LogP contribution in [0.15, 0.2) is 18.2 Å². The number of carbonyl (C=O) groups is 3. The molecule has 1 aromatic carbocycles. The van der Waals surface area contributed by atoms with Crippen LogP contribution >= 0.6 is 0 Å². The zero-order valence-electron chi connectivity index (χ0n) is 17.7. The molecule has 2 atom stereocenters. The van der Waals surface area contributed by atoms with E-state index in [9.17, 15) is 14.4 Å². The monoisotopic (exact) mass is 413 g/mol. The van der Waals surface area contributed by atoms with Gasteiger partial charge < -0.3 is 19.9 Å². The van der Waals surface area contributed by atoms with Crippen LogP contribution in [-0.2, 0) is 20.8 Å². The number of likely N-dealkylation sites (tertiary alicyclic amines) is 2. The lowest BCUT2D eigenvalue weighted by molar-refractivity contribution is -0.139. The Labute approximate surface area is 177 Å². The molecule has 7 nitrogen and oxygen atoms in total. The second-order valence-corrected chi connectivity index (χ2v) is 8.56.